The third-order valence-electron chi connectivity index (χ3n) is 5.18. The molecular weight excluding hydrogens is 342 g/mol. The highest BCUT2D eigenvalue weighted by atomic mass is 16.3. The van der Waals surface area contributed by atoms with Crippen LogP contribution in [0.15, 0.2) is 28.9 Å². The molecule has 1 aliphatic carbocycles. The molecule has 1 fully saturated rings. The quantitative estimate of drug-likeness (QED) is 0.725. The Morgan fingerprint density at radius 1 is 1.44 bits per heavy atom. The predicted molar refractivity (Wildman–Crippen MR) is 103 cm³/mol. The molecule has 0 aromatic carbocycles. The number of nitrogens with zero attached hydrogens (tertiary/aromatic N) is 4. The lowest BCUT2D eigenvalue weighted by Gasteiger charge is -2.22. The van der Waals surface area contributed by atoms with Crippen molar-refractivity contribution in [3.8, 4) is 0 Å². The van der Waals surface area contributed by atoms with Crippen molar-refractivity contribution in [2.45, 2.75) is 31.7 Å². The van der Waals surface area contributed by atoms with Crippen molar-refractivity contribution >= 4 is 16.9 Å². The number of likely N-dealkylation sites (N-methyl/N-ethyl adjacent to an activating group) is 1. The number of amides is 1. The van der Waals surface area contributed by atoms with Gasteiger partial charge in [0.1, 0.15) is 5.76 Å². The first-order valence-electron chi connectivity index (χ1n) is 9.28. The van der Waals surface area contributed by atoms with Crippen LogP contribution in [0.5, 0.6) is 0 Å². The molecule has 7 heteroatoms. The number of fused-ring (bicyclic) bond motifs is 1. The highest BCUT2D eigenvalue weighted by molar-refractivity contribution is 6.06. The minimum atomic E-state index is -0.0983. The summed E-state index contributed by atoms with van der Waals surface area (Å²) < 4.78 is 7.29. The first-order chi connectivity index (χ1) is 13.0. The monoisotopic (exact) mass is 367 g/mol. The van der Waals surface area contributed by atoms with Gasteiger partial charge in [-0.05, 0) is 52.1 Å². The van der Waals surface area contributed by atoms with Gasteiger partial charge in [-0.25, -0.2) is 4.98 Å². The maximum absolute atomic E-state index is 13.1. The number of aryl methyl sites for hydroxylation is 2. The van der Waals surface area contributed by atoms with Crippen molar-refractivity contribution in [3.05, 3.63) is 47.2 Å². The van der Waals surface area contributed by atoms with E-state index in [4.69, 9.17) is 9.40 Å². The van der Waals surface area contributed by atoms with Crippen LogP contribution in [0.4, 0.5) is 0 Å². The summed E-state index contributed by atoms with van der Waals surface area (Å²) in [5.74, 6) is 1.20. The van der Waals surface area contributed by atoms with Gasteiger partial charge in [0.05, 0.1) is 28.9 Å². The van der Waals surface area contributed by atoms with E-state index in [0.717, 1.165) is 41.0 Å². The van der Waals surface area contributed by atoms with Gasteiger partial charge in [-0.1, -0.05) is 0 Å². The van der Waals surface area contributed by atoms with E-state index in [-0.39, 0.29) is 11.9 Å². The Hall–Kier alpha value is -2.67. The molecule has 3 heterocycles. The summed E-state index contributed by atoms with van der Waals surface area (Å²) in [5.41, 5.74) is 3.25. The molecule has 1 N–H and O–H groups in total. The third-order valence-corrected chi connectivity index (χ3v) is 5.18. The Morgan fingerprint density at radius 3 is 2.85 bits per heavy atom. The van der Waals surface area contributed by atoms with Gasteiger partial charge < -0.3 is 9.73 Å². The molecule has 0 spiro atoms. The molecule has 27 heavy (non-hydrogen) atoms. The molecule has 4 rings (SSSR count). The van der Waals surface area contributed by atoms with Crippen LogP contribution in [-0.2, 0) is 7.05 Å². The number of aromatic nitrogens is 3. The summed E-state index contributed by atoms with van der Waals surface area (Å²) in [6.07, 6.45) is 3.93. The van der Waals surface area contributed by atoms with Gasteiger partial charge in [-0.2, -0.15) is 5.10 Å². The van der Waals surface area contributed by atoms with E-state index in [2.05, 4.69) is 10.4 Å². The zero-order chi connectivity index (χ0) is 19.1. The zero-order valence-corrected chi connectivity index (χ0v) is 16.2. The van der Waals surface area contributed by atoms with Crippen LogP contribution in [0.25, 0.3) is 11.0 Å². The molecule has 1 aliphatic rings. The predicted octanol–water partition coefficient (Wildman–Crippen LogP) is 2.78. The second-order valence-electron chi connectivity index (χ2n) is 7.48. The van der Waals surface area contributed by atoms with Crippen LogP contribution in [0.3, 0.4) is 0 Å². The van der Waals surface area contributed by atoms with E-state index in [1.807, 2.05) is 51.2 Å². The number of carbonyl (C=O) groups is 1. The van der Waals surface area contributed by atoms with Crippen LogP contribution in [-0.4, -0.2) is 46.2 Å². The standard InChI is InChI=1S/C20H25N5O2/c1-12-18-14(10-15(13-7-8-13)22-19(18)25(4)23-12)20(26)21-11-16(24(2)3)17-6-5-9-27-17/h5-6,9-10,13,16H,7-8,11H2,1-4H3,(H,21,26). The van der Waals surface area contributed by atoms with Gasteiger partial charge in [-0.3, -0.25) is 14.4 Å². The molecule has 1 atom stereocenters. The highest BCUT2D eigenvalue weighted by Gasteiger charge is 2.29. The Balaban J connectivity index is 1.64. The second-order valence-corrected chi connectivity index (χ2v) is 7.48. The lowest BCUT2D eigenvalue weighted by molar-refractivity contribution is 0.0940. The summed E-state index contributed by atoms with van der Waals surface area (Å²) in [4.78, 5) is 19.9. The van der Waals surface area contributed by atoms with Crippen LogP contribution in [0.1, 0.15) is 52.3 Å². The minimum absolute atomic E-state index is 0.0285. The fourth-order valence-electron chi connectivity index (χ4n) is 3.53. The van der Waals surface area contributed by atoms with Crippen molar-refractivity contribution in [1.29, 1.82) is 0 Å². The number of hydrogen-bond acceptors (Lipinski definition) is 5. The van der Waals surface area contributed by atoms with Crippen molar-refractivity contribution in [3.63, 3.8) is 0 Å². The van der Waals surface area contributed by atoms with E-state index in [9.17, 15) is 4.79 Å². The first-order valence-corrected chi connectivity index (χ1v) is 9.28. The maximum Gasteiger partial charge on any atom is 0.252 e. The molecule has 0 saturated heterocycles. The van der Waals surface area contributed by atoms with Gasteiger partial charge in [-0.15, -0.1) is 0 Å². The number of carbonyl (C=O) groups excluding carboxylic acids is 1. The second kappa shape index (κ2) is 6.81. The molecule has 3 aromatic heterocycles. The van der Waals surface area contributed by atoms with E-state index in [0.29, 0.717) is 18.0 Å². The van der Waals surface area contributed by atoms with Gasteiger partial charge in [0.15, 0.2) is 5.65 Å². The Labute approximate surface area is 158 Å². The fourth-order valence-corrected chi connectivity index (χ4v) is 3.53. The van der Waals surface area contributed by atoms with Crippen molar-refractivity contribution < 1.29 is 9.21 Å². The van der Waals surface area contributed by atoms with Crippen molar-refractivity contribution in [1.82, 2.24) is 25.0 Å². The normalized spacial score (nSPS) is 15.4. The van der Waals surface area contributed by atoms with Gasteiger partial charge >= 0.3 is 0 Å². The maximum atomic E-state index is 13.1. The van der Waals surface area contributed by atoms with Crippen LogP contribution in [0.2, 0.25) is 0 Å². The van der Waals surface area contributed by atoms with Crippen LogP contribution >= 0.6 is 0 Å². The zero-order valence-electron chi connectivity index (χ0n) is 16.2. The molecule has 3 aromatic rings. The number of pyridine rings is 1. The van der Waals surface area contributed by atoms with Gasteiger partial charge in [0.2, 0.25) is 0 Å². The molecular formula is C20H25N5O2. The molecule has 0 bridgehead atoms. The Kier molecular flexibility index (Phi) is 4.47. The summed E-state index contributed by atoms with van der Waals surface area (Å²) in [6.45, 7) is 2.38. The topological polar surface area (TPSA) is 76.2 Å². The van der Waals surface area contributed by atoms with Gasteiger partial charge in [0, 0.05) is 25.2 Å². The molecule has 0 aliphatic heterocycles. The van der Waals surface area contributed by atoms with E-state index in [1.165, 1.54) is 0 Å². The van der Waals surface area contributed by atoms with E-state index < -0.39 is 0 Å². The van der Waals surface area contributed by atoms with Crippen molar-refractivity contribution in [2.24, 2.45) is 7.05 Å². The summed E-state index contributed by atoms with van der Waals surface area (Å²) in [5, 5.41) is 8.38. The average Bonchev–Trinajstić information content (AvgIpc) is 3.27. The summed E-state index contributed by atoms with van der Waals surface area (Å²) in [6, 6.07) is 5.71. The molecule has 1 amide bonds. The van der Waals surface area contributed by atoms with Gasteiger partial charge in [0.25, 0.3) is 5.91 Å². The Morgan fingerprint density at radius 2 is 2.22 bits per heavy atom. The molecule has 1 unspecified atom stereocenters. The molecule has 7 nitrogen and oxygen atoms in total. The number of hydrogen-bond donors (Lipinski definition) is 1. The lowest BCUT2D eigenvalue weighted by Crippen LogP contribution is -2.34. The SMILES string of the molecule is Cc1nn(C)c2nc(C3CC3)cc(C(=O)NCC(c3ccco3)N(C)C)c12. The van der Waals surface area contributed by atoms with Crippen LogP contribution in [0, 0.1) is 6.92 Å². The summed E-state index contributed by atoms with van der Waals surface area (Å²) in [7, 11) is 5.82. The smallest absolute Gasteiger partial charge is 0.252 e. The average molecular weight is 367 g/mol. The first kappa shape index (κ1) is 17.7. The Bertz CT molecular complexity index is 970. The van der Waals surface area contributed by atoms with Crippen LogP contribution < -0.4 is 5.32 Å². The van der Waals surface area contributed by atoms with E-state index in [1.54, 1.807) is 10.9 Å². The largest absolute Gasteiger partial charge is 0.468 e. The third kappa shape index (κ3) is 3.35. The molecule has 1 saturated carbocycles. The van der Waals surface area contributed by atoms with E-state index >= 15 is 0 Å². The molecule has 142 valence electrons. The number of nitrogens with one attached hydrogen (secondary N) is 1. The van der Waals surface area contributed by atoms with Crippen molar-refractivity contribution in [2.75, 3.05) is 20.6 Å². The highest BCUT2D eigenvalue weighted by Crippen LogP contribution is 2.40. The number of furan rings is 1. The summed E-state index contributed by atoms with van der Waals surface area (Å²) >= 11 is 0. The molecule has 0 radical (unpaired) electrons. The number of rotatable bonds is 6. The lowest BCUT2D eigenvalue weighted by atomic mass is 10.1. The minimum Gasteiger partial charge on any atom is -0.468 e. The fraction of sp³-hybridized carbons (Fsp3) is 0.450.